The highest BCUT2D eigenvalue weighted by Gasteiger charge is 2.23. The maximum Gasteiger partial charge on any atom is 0.224 e. The summed E-state index contributed by atoms with van der Waals surface area (Å²) in [4.78, 5) is 7.74. The molecular formula is C10H10BrClN2O3S. The zero-order valence-corrected chi connectivity index (χ0v) is 12.9. The van der Waals surface area contributed by atoms with Crippen molar-refractivity contribution in [3.63, 3.8) is 0 Å². The molecular weight excluding hydrogens is 344 g/mol. The molecule has 0 spiro atoms. The van der Waals surface area contributed by atoms with Crippen molar-refractivity contribution in [1.82, 2.24) is 9.97 Å². The molecule has 0 saturated heterocycles. The molecule has 0 amide bonds. The maximum absolute atomic E-state index is 11.7. The first kappa shape index (κ1) is 13.8. The minimum atomic E-state index is -3.52. The van der Waals surface area contributed by atoms with Gasteiger partial charge in [0.05, 0.1) is 4.47 Å². The number of rotatable bonds is 3. The number of halogens is 2. The van der Waals surface area contributed by atoms with Gasteiger partial charge >= 0.3 is 0 Å². The van der Waals surface area contributed by atoms with Crippen LogP contribution >= 0.6 is 27.5 Å². The summed E-state index contributed by atoms with van der Waals surface area (Å²) in [5.74, 6) is 0.647. The van der Waals surface area contributed by atoms with Crippen molar-refractivity contribution in [2.24, 2.45) is 0 Å². The molecule has 2 aromatic heterocycles. The van der Waals surface area contributed by atoms with Gasteiger partial charge in [-0.25, -0.2) is 18.4 Å². The van der Waals surface area contributed by atoms with E-state index in [-0.39, 0.29) is 15.9 Å². The highest BCUT2D eigenvalue weighted by atomic mass is 79.9. The maximum atomic E-state index is 11.7. The van der Waals surface area contributed by atoms with Gasteiger partial charge in [0.25, 0.3) is 0 Å². The summed E-state index contributed by atoms with van der Waals surface area (Å²) in [7, 11) is -3.52. The van der Waals surface area contributed by atoms with Gasteiger partial charge in [-0.2, -0.15) is 0 Å². The molecule has 0 N–H and O–H groups in total. The molecule has 0 fully saturated rings. The highest BCUT2D eigenvalue weighted by molar-refractivity contribution is 9.10. The van der Waals surface area contributed by atoms with Crippen LogP contribution in [0.25, 0.3) is 11.1 Å². The van der Waals surface area contributed by atoms with E-state index in [4.69, 9.17) is 16.0 Å². The number of aryl methyl sites for hydroxylation is 1. The molecule has 2 aromatic rings. The second-order valence-electron chi connectivity index (χ2n) is 3.84. The Bertz CT molecular complexity index is 711. The van der Waals surface area contributed by atoms with E-state index < -0.39 is 9.84 Å². The SMILES string of the molecule is CCCc1oc2c(S(C)(=O)=O)nc(Cl)nc2c1Br. The van der Waals surface area contributed by atoms with Gasteiger partial charge in [0.2, 0.25) is 10.3 Å². The fourth-order valence-electron chi connectivity index (χ4n) is 1.58. The summed E-state index contributed by atoms with van der Waals surface area (Å²) in [6.07, 6.45) is 2.60. The largest absolute Gasteiger partial charge is 0.455 e. The van der Waals surface area contributed by atoms with Gasteiger partial charge in [0.1, 0.15) is 11.3 Å². The summed E-state index contributed by atoms with van der Waals surface area (Å²) in [6, 6.07) is 0. The summed E-state index contributed by atoms with van der Waals surface area (Å²) in [5, 5.41) is -0.298. The van der Waals surface area contributed by atoms with Gasteiger partial charge in [0.15, 0.2) is 15.4 Å². The Morgan fingerprint density at radius 2 is 2.06 bits per heavy atom. The molecule has 0 radical (unpaired) electrons. The average molecular weight is 354 g/mol. The van der Waals surface area contributed by atoms with Crippen LogP contribution in [-0.4, -0.2) is 24.6 Å². The average Bonchev–Trinajstić information content (AvgIpc) is 2.55. The topological polar surface area (TPSA) is 73.1 Å². The number of fused-ring (bicyclic) bond motifs is 1. The van der Waals surface area contributed by atoms with Crippen LogP contribution in [0.4, 0.5) is 0 Å². The summed E-state index contributed by atoms with van der Waals surface area (Å²) < 4.78 is 29.5. The number of sulfone groups is 1. The molecule has 2 heterocycles. The van der Waals surface area contributed by atoms with E-state index in [9.17, 15) is 8.42 Å². The lowest BCUT2D eigenvalue weighted by Crippen LogP contribution is -2.02. The zero-order valence-electron chi connectivity index (χ0n) is 9.70. The second kappa shape index (κ2) is 4.79. The summed E-state index contributed by atoms with van der Waals surface area (Å²) in [6.45, 7) is 2.00. The molecule has 0 aromatic carbocycles. The van der Waals surface area contributed by atoms with Crippen LogP contribution in [0.15, 0.2) is 13.9 Å². The third-order valence-corrected chi connectivity index (χ3v) is 4.28. The Morgan fingerprint density at radius 3 is 2.61 bits per heavy atom. The Hall–Kier alpha value is -0.660. The quantitative estimate of drug-likeness (QED) is 0.626. The molecule has 2 rings (SSSR count). The monoisotopic (exact) mass is 352 g/mol. The van der Waals surface area contributed by atoms with Crippen LogP contribution in [0.2, 0.25) is 5.28 Å². The van der Waals surface area contributed by atoms with Crippen LogP contribution < -0.4 is 0 Å². The standard InChI is InChI=1S/C10H10BrClN2O3S/c1-3-4-5-6(11)7-8(17-5)9(18(2,15)16)14-10(12)13-7/h3-4H2,1-2H3. The molecule has 8 heteroatoms. The Labute approximate surface area is 118 Å². The molecule has 0 aliphatic carbocycles. The van der Waals surface area contributed by atoms with E-state index in [0.717, 1.165) is 12.7 Å². The molecule has 5 nitrogen and oxygen atoms in total. The molecule has 0 saturated carbocycles. The van der Waals surface area contributed by atoms with Gasteiger partial charge in [-0.05, 0) is 34.0 Å². The lowest BCUT2D eigenvalue weighted by Gasteiger charge is -1.98. The van der Waals surface area contributed by atoms with Crippen molar-refractivity contribution >= 4 is 48.5 Å². The second-order valence-corrected chi connectivity index (χ2v) is 6.90. The smallest absolute Gasteiger partial charge is 0.224 e. The van der Waals surface area contributed by atoms with E-state index in [1.165, 1.54) is 0 Å². The number of hydrogen-bond donors (Lipinski definition) is 0. The van der Waals surface area contributed by atoms with Crippen molar-refractivity contribution < 1.29 is 12.8 Å². The van der Waals surface area contributed by atoms with Gasteiger partial charge in [-0.1, -0.05) is 6.92 Å². The number of aromatic nitrogens is 2. The fraction of sp³-hybridized carbons (Fsp3) is 0.400. The molecule has 18 heavy (non-hydrogen) atoms. The van der Waals surface area contributed by atoms with Crippen LogP contribution in [0.3, 0.4) is 0 Å². The number of nitrogens with zero attached hydrogens (tertiary/aromatic N) is 2. The van der Waals surface area contributed by atoms with Crippen molar-refractivity contribution in [3.8, 4) is 0 Å². The van der Waals surface area contributed by atoms with Crippen LogP contribution in [0.1, 0.15) is 19.1 Å². The predicted octanol–water partition coefficient (Wildman–Crippen LogP) is 2.99. The van der Waals surface area contributed by atoms with E-state index >= 15 is 0 Å². The van der Waals surface area contributed by atoms with Crippen molar-refractivity contribution in [3.05, 3.63) is 15.5 Å². The summed E-state index contributed by atoms with van der Waals surface area (Å²) >= 11 is 9.09. The van der Waals surface area contributed by atoms with Crippen molar-refractivity contribution in [2.45, 2.75) is 24.8 Å². The number of furan rings is 1. The predicted molar refractivity (Wildman–Crippen MR) is 71.6 cm³/mol. The Kier molecular flexibility index (Phi) is 3.66. The molecule has 0 unspecified atom stereocenters. The molecule has 98 valence electrons. The lowest BCUT2D eigenvalue weighted by atomic mass is 10.3. The Balaban J connectivity index is 2.85. The van der Waals surface area contributed by atoms with E-state index in [2.05, 4.69) is 25.9 Å². The first-order chi connectivity index (χ1) is 8.34. The van der Waals surface area contributed by atoms with Gasteiger partial charge in [-0.3, -0.25) is 0 Å². The highest BCUT2D eigenvalue weighted by Crippen LogP contribution is 2.33. The third kappa shape index (κ3) is 2.39. The summed E-state index contributed by atoms with van der Waals surface area (Å²) in [5.41, 5.74) is 0.538. The molecule has 0 bridgehead atoms. The van der Waals surface area contributed by atoms with Crippen LogP contribution in [0.5, 0.6) is 0 Å². The minimum Gasteiger partial charge on any atom is -0.455 e. The fourth-order valence-corrected chi connectivity index (χ4v) is 3.08. The normalized spacial score (nSPS) is 12.2. The molecule has 0 aliphatic rings. The number of hydrogen-bond acceptors (Lipinski definition) is 5. The lowest BCUT2D eigenvalue weighted by molar-refractivity contribution is 0.530. The van der Waals surface area contributed by atoms with Crippen LogP contribution in [-0.2, 0) is 16.3 Å². The van der Waals surface area contributed by atoms with Gasteiger partial charge in [-0.15, -0.1) is 0 Å². The molecule has 0 atom stereocenters. The zero-order chi connectivity index (χ0) is 13.5. The van der Waals surface area contributed by atoms with Crippen LogP contribution in [0, 0.1) is 0 Å². The van der Waals surface area contributed by atoms with E-state index in [1.807, 2.05) is 6.92 Å². The minimum absolute atomic E-state index is 0.118. The first-order valence-corrected chi connectivity index (χ1v) is 8.25. The first-order valence-electron chi connectivity index (χ1n) is 5.19. The van der Waals surface area contributed by atoms with Gasteiger partial charge < -0.3 is 4.42 Å². The van der Waals surface area contributed by atoms with Gasteiger partial charge in [0, 0.05) is 12.7 Å². The van der Waals surface area contributed by atoms with Crippen molar-refractivity contribution in [2.75, 3.05) is 6.26 Å². The Morgan fingerprint density at radius 1 is 1.39 bits per heavy atom. The van der Waals surface area contributed by atoms with Crippen molar-refractivity contribution in [1.29, 1.82) is 0 Å². The third-order valence-electron chi connectivity index (χ3n) is 2.31. The van der Waals surface area contributed by atoms with E-state index in [1.54, 1.807) is 0 Å². The molecule has 0 aliphatic heterocycles. The van der Waals surface area contributed by atoms with E-state index in [0.29, 0.717) is 22.2 Å².